The molecule has 10 rings (SSSR count). The van der Waals surface area contributed by atoms with Crippen molar-refractivity contribution in [3.63, 3.8) is 0 Å². The van der Waals surface area contributed by atoms with Gasteiger partial charge in [-0.25, -0.2) is 48.9 Å². The van der Waals surface area contributed by atoms with Crippen molar-refractivity contribution in [2.45, 2.75) is 158 Å². The number of carbonyl (C=O) groups is 5. The zero-order valence-corrected chi connectivity index (χ0v) is 74.4. The van der Waals surface area contributed by atoms with Crippen LogP contribution in [0, 0.1) is 69.2 Å². The fourth-order valence-electron chi connectivity index (χ4n) is 9.50. The summed E-state index contributed by atoms with van der Waals surface area (Å²) >= 11 is 37.7. The Morgan fingerprint density at radius 1 is 0.368 bits per heavy atom. The van der Waals surface area contributed by atoms with Crippen LogP contribution in [0.1, 0.15) is 119 Å². The van der Waals surface area contributed by atoms with Crippen LogP contribution in [0.5, 0.6) is 23.5 Å². The summed E-state index contributed by atoms with van der Waals surface area (Å²) in [5.41, 5.74) is 12.6. The standard InChI is InChI=1S/2C17H21ClN4O2S.C15H16ClN3O3S.2C14H14ClN3O3S/c2*1-5-22(6-2)17(23)24-15-7-12(4)20-16(21-15)25-10-13-11(3)8-19-9-14(13)18;1-4-22-15(21)19-13(20)5-10(3)18-14(19)23-8-11-9(2)6-17-7-12(11)16;2*1-8-4-16-5-11(15)10(8)7-22-14-17-9(2)3-12(18-14)21-13(20)6-19/h2*7-9H,5-6,10H2,1-4H3;5-7H,4,8H2,1-3H3;2*3-5,19H,6-7H2,1-2H3. The molecule has 622 valence electrons. The monoisotopic (exact) mass is 1790 g/mol. The first-order chi connectivity index (χ1) is 55.8. The van der Waals surface area contributed by atoms with Crippen LogP contribution in [-0.2, 0) is 43.1 Å². The Balaban J connectivity index is 0.000000227. The van der Waals surface area contributed by atoms with Crippen molar-refractivity contribution >= 4 is 147 Å². The summed E-state index contributed by atoms with van der Waals surface area (Å²) in [4.78, 5) is 132. The van der Waals surface area contributed by atoms with Gasteiger partial charge in [-0.2, -0.15) is 24.5 Å². The molecule has 0 saturated carbocycles. The van der Waals surface area contributed by atoms with Crippen LogP contribution in [0.15, 0.2) is 123 Å². The largest absolute Gasteiger partial charge is 0.449 e. The number of amides is 2. The molecule has 0 unspecified atom stereocenters. The van der Waals surface area contributed by atoms with Crippen molar-refractivity contribution in [1.82, 2.24) is 84.1 Å². The van der Waals surface area contributed by atoms with Gasteiger partial charge in [0.2, 0.25) is 23.5 Å². The van der Waals surface area contributed by atoms with E-state index in [-0.39, 0.29) is 35.3 Å². The highest BCUT2D eigenvalue weighted by Gasteiger charge is 2.21. The number of aliphatic hydroxyl groups is 2. The zero-order chi connectivity index (χ0) is 86.0. The maximum Gasteiger partial charge on any atom is 0.423 e. The molecule has 0 aliphatic heterocycles. The predicted molar refractivity (Wildman–Crippen MR) is 454 cm³/mol. The minimum atomic E-state index is -0.762. The lowest BCUT2D eigenvalue weighted by molar-refractivity contribution is -0.138. The highest BCUT2D eigenvalue weighted by Crippen LogP contribution is 2.34. The minimum absolute atomic E-state index is 0.117. The van der Waals surface area contributed by atoms with Crippen LogP contribution >= 0.6 is 117 Å². The third kappa shape index (κ3) is 31.7. The van der Waals surface area contributed by atoms with Gasteiger partial charge in [0.25, 0.3) is 5.56 Å². The Bertz CT molecular complexity index is 4800. The third-order valence-electron chi connectivity index (χ3n) is 15.7. The van der Waals surface area contributed by atoms with E-state index in [1.807, 2.05) is 76.2 Å². The summed E-state index contributed by atoms with van der Waals surface area (Å²) in [5.74, 6) is 2.05. The molecule has 0 spiro atoms. The van der Waals surface area contributed by atoms with E-state index in [1.165, 1.54) is 77.0 Å². The van der Waals surface area contributed by atoms with E-state index in [0.717, 1.165) is 71.6 Å². The lowest BCUT2D eigenvalue weighted by Gasteiger charge is -2.17. The van der Waals surface area contributed by atoms with E-state index >= 15 is 0 Å². The highest BCUT2D eigenvalue weighted by molar-refractivity contribution is 7.99. The molecule has 0 radical (unpaired) electrons. The average Bonchev–Trinajstić information content (AvgIpc) is 0.807. The van der Waals surface area contributed by atoms with Crippen LogP contribution in [-0.4, -0.2) is 171 Å². The summed E-state index contributed by atoms with van der Waals surface area (Å²) in [6.45, 7) is 29.0. The SMILES string of the molecule is CCN(CC)C(=O)Oc1cc(C)nc(SCc2c(C)cncc2Cl)n1.CCN(CC)C(=O)Oc1cc(C)nc(SCc2c(C)cncc2Cl)n1.CCOC(=O)n1c(SCc2c(C)cncc2Cl)nc(C)cc1=O.Cc1cc(OC(=O)CO)nc(SCc2c(C)cncc2Cl)n1.Cc1cc(OC(=O)CO)nc(SCc2c(C)cncc2Cl)n1. The van der Waals surface area contributed by atoms with Crippen LogP contribution in [0.2, 0.25) is 25.1 Å². The number of aryl methyl sites for hydroxylation is 10. The summed E-state index contributed by atoms with van der Waals surface area (Å²) in [6, 6.07) is 7.66. The van der Waals surface area contributed by atoms with Gasteiger partial charge in [-0.05, 0) is 159 Å². The number of aliphatic hydroxyl groups excluding tert-OH is 2. The van der Waals surface area contributed by atoms with E-state index in [4.69, 9.17) is 91.9 Å². The molecule has 10 heterocycles. The van der Waals surface area contributed by atoms with E-state index in [0.29, 0.717) is 118 Å². The highest BCUT2D eigenvalue weighted by atomic mass is 35.5. The molecular formula is C77H86Cl5N17O13S5. The summed E-state index contributed by atoms with van der Waals surface area (Å²) < 4.78 is 26.4. The molecule has 0 atom stereocenters. The number of hydrogen-bond acceptors (Lipinski definition) is 32. The maximum absolute atomic E-state index is 12.1. The van der Waals surface area contributed by atoms with Gasteiger partial charge in [0.05, 0.1) is 31.7 Å². The fraction of sp³-hybridized carbons (Fsp3) is 0.351. The number of halogens is 5. The van der Waals surface area contributed by atoms with Gasteiger partial charge in [-0.15, -0.1) is 0 Å². The second kappa shape index (κ2) is 49.4. The summed E-state index contributed by atoms with van der Waals surface area (Å²) in [7, 11) is 0. The zero-order valence-electron chi connectivity index (χ0n) is 66.6. The fourth-order valence-corrected chi connectivity index (χ4v) is 16.5. The van der Waals surface area contributed by atoms with E-state index in [2.05, 4.69) is 69.8 Å². The van der Waals surface area contributed by atoms with Crippen molar-refractivity contribution in [3.05, 3.63) is 212 Å². The second-order valence-electron chi connectivity index (χ2n) is 24.4. The quantitative estimate of drug-likeness (QED) is 0.0289. The topological polar surface area (TPSA) is 381 Å². The van der Waals surface area contributed by atoms with Gasteiger partial charge in [-0.3, -0.25) is 29.7 Å². The molecule has 40 heteroatoms. The Morgan fingerprint density at radius 2 is 0.624 bits per heavy atom. The van der Waals surface area contributed by atoms with Gasteiger partial charge in [0, 0.05) is 176 Å². The summed E-state index contributed by atoms with van der Waals surface area (Å²) in [6.07, 6.45) is 15.2. The first-order valence-corrected chi connectivity index (χ1v) is 42.5. The van der Waals surface area contributed by atoms with Crippen LogP contribution in [0.4, 0.5) is 14.4 Å². The van der Waals surface area contributed by atoms with Crippen molar-refractivity contribution in [1.29, 1.82) is 0 Å². The Hall–Kier alpha value is -8.98. The van der Waals surface area contributed by atoms with Gasteiger partial charge >= 0.3 is 30.2 Å². The number of rotatable bonds is 26. The molecule has 0 bridgehead atoms. The third-order valence-corrected chi connectivity index (χ3v) is 21.7. The Kier molecular flexibility index (Phi) is 40.9. The Labute approximate surface area is 723 Å². The molecule has 0 saturated heterocycles. The maximum atomic E-state index is 12.1. The number of thioether (sulfide) groups is 5. The van der Waals surface area contributed by atoms with Crippen LogP contribution in [0.3, 0.4) is 0 Å². The molecule has 0 aliphatic carbocycles. The minimum Gasteiger partial charge on any atom is -0.449 e. The molecule has 30 nitrogen and oxygen atoms in total. The molecule has 0 fully saturated rings. The first-order valence-electron chi connectivity index (χ1n) is 35.7. The van der Waals surface area contributed by atoms with Crippen molar-refractivity contribution in [2.75, 3.05) is 46.0 Å². The lowest BCUT2D eigenvalue weighted by Crippen LogP contribution is -2.33. The van der Waals surface area contributed by atoms with Crippen LogP contribution in [0.25, 0.3) is 0 Å². The number of hydrogen-bond donors (Lipinski definition) is 2. The van der Waals surface area contributed by atoms with E-state index in [9.17, 15) is 28.8 Å². The second-order valence-corrected chi connectivity index (χ2v) is 31.2. The molecule has 2 N–H and O–H groups in total. The lowest BCUT2D eigenvalue weighted by atomic mass is 10.2. The van der Waals surface area contributed by atoms with E-state index < -0.39 is 49.0 Å². The number of nitrogens with zero attached hydrogens (tertiary/aromatic N) is 17. The van der Waals surface area contributed by atoms with Crippen molar-refractivity contribution in [3.8, 4) is 23.5 Å². The first kappa shape index (κ1) is 96.9. The number of aromatic nitrogens is 15. The summed E-state index contributed by atoms with van der Waals surface area (Å²) in [5, 5.41) is 22.6. The number of ether oxygens (including phenoxy) is 5. The molecule has 10 aromatic heterocycles. The van der Waals surface area contributed by atoms with Gasteiger partial charge in [0.1, 0.15) is 13.2 Å². The molecule has 10 aromatic rings. The normalized spacial score (nSPS) is 10.6. The average molecular weight is 1800 g/mol. The molecule has 0 aliphatic rings. The van der Waals surface area contributed by atoms with Crippen molar-refractivity contribution in [2.24, 2.45) is 0 Å². The molecular weight excluding hydrogens is 1710 g/mol. The van der Waals surface area contributed by atoms with Gasteiger partial charge < -0.3 is 43.7 Å². The Morgan fingerprint density at radius 3 is 0.872 bits per heavy atom. The molecule has 117 heavy (non-hydrogen) atoms. The van der Waals surface area contributed by atoms with Crippen molar-refractivity contribution < 1.29 is 57.9 Å². The molecule has 0 aromatic carbocycles. The van der Waals surface area contributed by atoms with Crippen LogP contribution < -0.4 is 24.5 Å². The van der Waals surface area contributed by atoms with Gasteiger partial charge in [0.15, 0.2) is 25.8 Å². The predicted octanol–water partition coefficient (Wildman–Crippen LogP) is 16.4. The number of esters is 2. The number of carbonyl (C=O) groups excluding carboxylic acids is 5. The smallest absolute Gasteiger partial charge is 0.423 e. The van der Waals surface area contributed by atoms with E-state index in [1.54, 1.807) is 112 Å². The number of pyridine rings is 5. The molecule has 2 amide bonds. The van der Waals surface area contributed by atoms with Gasteiger partial charge in [-0.1, -0.05) is 117 Å².